The maximum absolute atomic E-state index is 6.04. The average Bonchev–Trinajstić information content (AvgIpc) is 3.31. The molecule has 0 spiro atoms. The van der Waals surface area contributed by atoms with Crippen molar-refractivity contribution in [1.82, 2.24) is 25.2 Å². The predicted molar refractivity (Wildman–Crippen MR) is 105 cm³/mol. The van der Waals surface area contributed by atoms with Gasteiger partial charge in [-0.2, -0.15) is 4.68 Å². The molecule has 0 bridgehead atoms. The van der Waals surface area contributed by atoms with E-state index in [1.54, 1.807) is 10.9 Å². The number of aryl methyl sites for hydroxylation is 1. The number of nitrogens with zero attached hydrogens (tertiary/aromatic N) is 5. The van der Waals surface area contributed by atoms with Crippen LogP contribution in [0.1, 0.15) is 17.0 Å². The predicted octanol–water partition coefficient (Wildman–Crippen LogP) is 4.88. The van der Waals surface area contributed by atoms with E-state index >= 15 is 0 Å². The molecule has 0 saturated heterocycles. The molecule has 2 aromatic carbocycles. The molecule has 0 aliphatic carbocycles. The molecule has 136 valence electrons. The summed E-state index contributed by atoms with van der Waals surface area (Å²) in [4.78, 5) is 4.35. The molecule has 6 nitrogen and oxygen atoms in total. The number of hydrogen-bond acceptors (Lipinski definition) is 6. The molecular weight excluding hydrogens is 382 g/mol. The van der Waals surface area contributed by atoms with E-state index in [2.05, 4.69) is 40.4 Å². The van der Waals surface area contributed by atoms with Gasteiger partial charge in [0.05, 0.1) is 17.6 Å². The van der Waals surface area contributed by atoms with Crippen molar-refractivity contribution in [3.63, 3.8) is 0 Å². The number of thioether (sulfide) groups is 1. The monoisotopic (exact) mass is 397 g/mol. The highest BCUT2D eigenvalue weighted by Gasteiger charge is 2.14. The lowest BCUT2D eigenvalue weighted by atomic mass is 10.1. The van der Waals surface area contributed by atoms with Gasteiger partial charge in [0, 0.05) is 10.6 Å². The molecule has 0 radical (unpaired) electrons. The summed E-state index contributed by atoms with van der Waals surface area (Å²) in [6.45, 7) is 4.13. The largest absolute Gasteiger partial charge is 0.440 e. The molecule has 0 unspecified atom stereocenters. The lowest BCUT2D eigenvalue weighted by Crippen LogP contribution is -2.02. The Morgan fingerprint density at radius 1 is 1.15 bits per heavy atom. The summed E-state index contributed by atoms with van der Waals surface area (Å²) < 4.78 is 7.59. The van der Waals surface area contributed by atoms with Crippen LogP contribution in [-0.4, -0.2) is 25.2 Å². The van der Waals surface area contributed by atoms with Crippen LogP contribution in [-0.2, 0) is 5.75 Å². The third-order valence-corrected chi connectivity index (χ3v) is 5.37. The van der Waals surface area contributed by atoms with Gasteiger partial charge in [-0.05, 0) is 53.6 Å². The van der Waals surface area contributed by atoms with Gasteiger partial charge in [0.15, 0.2) is 5.76 Å². The van der Waals surface area contributed by atoms with Crippen LogP contribution in [0.15, 0.2) is 58.2 Å². The second kappa shape index (κ2) is 7.54. The van der Waals surface area contributed by atoms with E-state index < -0.39 is 0 Å². The van der Waals surface area contributed by atoms with Crippen LogP contribution in [0, 0.1) is 13.8 Å². The zero-order valence-corrected chi connectivity index (χ0v) is 16.3. The first kappa shape index (κ1) is 17.8. The molecule has 0 aliphatic rings. The van der Waals surface area contributed by atoms with Gasteiger partial charge in [0.25, 0.3) is 0 Å². The fraction of sp³-hybridized carbons (Fsp3) is 0.158. The Bertz CT molecular complexity index is 1090. The normalized spacial score (nSPS) is 11.1. The third kappa shape index (κ3) is 3.74. The van der Waals surface area contributed by atoms with Crippen LogP contribution in [0.2, 0.25) is 5.02 Å². The lowest BCUT2D eigenvalue weighted by molar-refractivity contribution is 0.529. The Kier molecular flexibility index (Phi) is 4.96. The summed E-state index contributed by atoms with van der Waals surface area (Å²) in [7, 11) is 0. The van der Waals surface area contributed by atoms with Gasteiger partial charge in [-0.3, -0.25) is 0 Å². The molecular formula is C19H16ClN5OS. The first-order chi connectivity index (χ1) is 13.1. The molecule has 8 heteroatoms. The quantitative estimate of drug-likeness (QED) is 0.447. The number of benzene rings is 2. The van der Waals surface area contributed by atoms with Crippen molar-refractivity contribution in [2.75, 3.05) is 0 Å². The second-order valence-corrected chi connectivity index (χ2v) is 7.39. The van der Waals surface area contributed by atoms with Gasteiger partial charge in [-0.1, -0.05) is 47.6 Å². The summed E-state index contributed by atoms with van der Waals surface area (Å²) in [5.41, 5.74) is 4.20. The van der Waals surface area contributed by atoms with E-state index in [4.69, 9.17) is 16.0 Å². The van der Waals surface area contributed by atoms with E-state index in [0.29, 0.717) is 27.6 Å². The van der Waals surface area contributed by atoms with Crippen LogP contribution >= 0.6 is 23.4 Å². The molecule has 2 aromatic heterocycles. The molecule has 0 aliphatic heterocycles. The summed E-state index contributed by atoms with van der Waals surface area (Å²) in [6.07, 6.45) is 1.70. The Hall–Kier alpha value is -2.64. The van der Waals surface area contributed by atoms with E-state index in [-0.39, 0.29) is 0 Å². The Morgan fingerprint density at radius 2 is 2.00 bits per heavy atom. The first-order valence-electron chi connectivity index (χ1n) is 8.30. The number of oxazole rings is 1. The van der Waals surface area contributed by atoms with E-state index in [1.807, 2.05) is 36.4 Å². The maximum atomic E-state index is 6.04. The van der Waals surface area contributed by atoms with Crippen LogP contribution in [0.5, 0.6) is 0 Å². The van der Waals surface area contributed by atoms with Gasteiger partial charge in [0.2, 0.25) is 11.0 Å². The smallest absolute Gasteiger partial charge is 0.214 e. The van der Waals surface area contributed by atoms with Gasteiger partial charge < -0.3 is 4.42 Å². The fourth-order valence-corrected chi connectivity index (χ4v) is 3.59. The maximum Gasteiger partial charge on any atom is 0.214 e. The zero-order chi connectivity index (χ0) is 18.8. The van der Waals surface area contributed by atoms with Gasteiger partial charge in [-0.25, -0.2) is 4.98 Å². The van der Waals surface area contributed by atoms with Gasteiger partial charge in [0.1, 0.15) is 0 Å². The summed E-state index contributed by atoms with van der Waals surface area (Å²) >= 11 is 7.51. The molecule has 0 atom stereocenters. The molecule has 0 N–H and O–H groups in total. The van der Waals surface area contributed by atoms with Crippen LogP contribution in [0.25, 0.3) is 17.0 Å². The highest BCUT2D eigenvalue weighted by molar-refractivity contribution is 7.98. The minimum atomic E-state index is 0.520. The van der Waals surface area contributed by atoms with Crippen LogP contribution in [0.4, 0.5) is 0 Å². The van der Waals surface area contributed by atoms with E-state index in [9.17, 15) is 0 Å². The standard InChI is InChI=1S/C19H16ClN5OS/c1-12-5-3-8-16(13(12)2)25-19(22-23-24-25)27-11-18-21-10-17(26-18)14-6-4-7-15(20)9-14/h3-10H,11H2,1-2H3. The minimum Gasteiger partial charge on any atom is -0.440 e. The van der Waals surface area contributed by atoms with Gasteiger partial charge >= 0.3 is 0 Å². The van der Waals surface area contributed by atoms with Crippen LogP contribution < -0.4 is 0 Å². The van der Waals surface area contributed by atoms with Crippen molar-refractivity contribution in [2.45, 2.75) is 24.8 Å². The van der Waals surface area contributed by atoms with Crippen molar-refractivity contribution >= 4 is 23.4 Å². The highest BCUT2D eigenvalue weighted by atomic mass is 35.5. The van der Waals surface area contributed by atoms with Gasteiger partial charge in [-0.15, -0.1) is 5.10 Å². The Labute approximate surface area is 165 Å². The number of tetrazole rings is 1. The second-order valence-electron chi connectivity index (χ2n) is 6.01. The molecule has 0 fully saturated rings. The molecule has 2 heterocycles. The highest BCUT2D eigenvalue weighted by Crippen LogP contribution is 2.28. The van der Waals surface area contributed by atoms with Crippen molar-refractivity contribution in [2.24, 2.45) is 0 Å². The molecule has 0 saturated carbocycles. The number of rotatable bonds is 5. The SMILES string of the molecule is Cc1cccc(-n2nnnc2SCc2ncc(-c3cccc(Cl)c3)o2)c1C. The molecule has 0 amide bonds. The van der Waals surface area contributed by atoms with Crippen molar-refractivity contribution in [3.05, 3.63) is 70.7 Å². The lowest BCUT2D eigenvalue weighted by Gasteiger charge is -2.09. The summed E-state index contributed by atoms with van der Waals surface area (Å²) in [5.74, 6) is 1.80. The Morgan fingerprint density at radius 3 is 2.85 bits per heavy atom. The molecule has 27 heavy (non-hydrogen) atoms. The number of aromatic nitrogens is 5. The summed E-state index contributed by atoms with van der Waals surface area (Å²) in [5, 5.41) is 13.4. The zero-order valence-electron chi connectivity index (χ0n) is 14.8. The van der Waals surface area contributed by atoms with E-state index in [1.165, 1.54) is 17.3 Å². The topological polar surface area (TPSA) is 69.6 Å². The van der Waals surface area contributed by atoms with Crippen molar-refractivity contribution in [1.29, 1.82) is 0 Å². The fourth-order valence-electron chi connectivity index (χ4n) is 2.66. The van der Waals surface area contributed by atoms with Crippen LogP contribution in [0.3, 0.4) is 0 Å². The molecule has 4 rings (SSSR count). The molecule has 4 aromatic rings. The summed E-state index contributed by atoms with van der Waals surface area (Å²) in [6, 6.07) is 13.6. The average molecular weight is 398 g/mol. The minimum absolute atomic E-state index is 0.520. The van der Waals surface area contributed by atoms with Crippen molar-refractivity contribution in [3.8, 4) is 17.0 Å². The third-order valence-electron chi connectivity index (χ3n) is 4.23. The number of halogens is 1. The van der Waals surface area contributed by atoms with E-state index in [0.717, 1.165) is 16.8 Å². The van der Waals surface area contributed by atoms with Crippen molar-refractivity contribution < 1.29 is 4.42 Å². The Balaban J connectivity index is 1.52. The first-order valence-corrected chi connectivity index (χ1v) is 9.66. The number of hydrogen-bond donors (Lipinski definition) is 0.